The first kappa shape index (κ1) is 57.4. The minimum Gasteiger partial charge on any atom is -0.323 e. The Balaban J connectivity index is 1.40. The van der Waals surface area contributed by atoms with Crippen LogP contribution in [0.2, 0.25) is 21.1 Å². The predicted octanol–water partition coefficient (Wildman–Crippen LogP) is 6.36. The maximum atomic E-state index is 15.6. The minimum atomic E-state index is -1.46. The van der Waals surface area contributed by atoms with Crippen molar-refractivity contribution in [2.24, 2.45) is 0 Å². The van der Waals surface area contributed by atoms with E-state index in [1.54, 1.807) is 0 Å². The van der Waals surface area contributed by atoms with Crippen molar-refractivity contribution in [1.82, 2.24) is 75.6 Å². The zero-order valence-electron chi connectivity index (χ0n) is 43.9. The number of imidazole rings is 4. The largest absolute Gasteiger partial charge is 0.333 e. The lowest BCUT2D eigenvalue weighted by molar-refractivity contribution is 0.245. The number of nitrogens with zero attached hydrogens (tertiary/aromatic N) is 14. The Kier molecular flexibility index (Phi) is 18.0. The molecule has 28 heteroatoms. The van der Waals surface area contributed by atoms with Crippen LogP contribution in [0.1, 0.15) is 117 Å². The van der Waals surface area contributed by atoms with Crippen molar-refractivity contribution in [3.63, 3.8) is 0 Å². The molecule has 418 valence electrons. The molecule has 0 aromatic carbocycles. The second kappa shape index (κ2) is 24.5. The molecule has 24 nitrogen and oxygen atoms in total. The fourth-order valence-corrected chi connectivity index (χ4v) is 11.1. The molecular formula is C50H62Cl4N16O8. The van der Waals surface area contributed by atoms with Crippen LogP contribution in [0, 0.1) is 0 Å². The van der Waals surface area contributed by atoms with Gasteiger partial charge >= 0.3 is 22.8 Å². The monoisotopic (exact) mass is 1150 g/mol. The lowest BCUT2D eigenvalue weighted by Crippen LogP contribution is -2.50. The highest BCUT2D eigenvalue weighted by molar-refractivity contribution is 6.30. The van der Waals surface area contributed by atoms with E-state index in [-0.39, 0.29) is 144 Å². The van der Waals surface area contributed by atoms with Gasteiger partial charge in [0.15, 0.2) is 44.7 Å². The van der Waals surface area contributed by atoms with Crippen LogP contribution in [-0.4, -0.2) is 75.6 Å². The Labute approximate surface area is 463 Å². The van der Waals surface area contributed by atoms with Crippen molar-refractivity contribution in [3.05, 3.63) is 130 Å². The fraction of sp³-hybridized carbons (Fsp3) is 0.520. The molecule has 0 spiro atoms. The van der Waals surface area contributed by atoms with E-state index in [2.05, 4.69) is 43.1 Å². The summed E-state index contributed by atoms with van der Waals surface area (Å²) in [4.78, 5) is 142. The van der Waals surface area contributed by atoms with Crippen LogP contribution in [0.4, 0.5) is 0 Å². The van der Waals surface area contributed by atoms with Crippen molar-refractivity contribution >= 4 is 91.1 Å². The van der Waals surface area contributed by atoms with Crippen LogP contribution in [-0.2, 0) is 52.4 Å². The molecule has 0 aliphatic rings. The molecule has 8 rings (SSSR count). The van der Waals surface area contributed by atoms with Gasteiger partial charge in [0.05, 0.1) is 12.1 Å². The van der Waals surface area contributed by atoms with Gasteiger partial charge in [-0.05, 0) is 97.8 Å². The van der Waals surface area contributed by atoms with Crippen LogP contribution in [0.25, 0.3) is 44.7 Å². The standard InChI is InChI=1S/C50H62Cl4N16O8/c1-7-13-23-63-35-31(55-43(51)57-35)39(71)67(47(63)75)27-17-19-29(69-40(72)32-36(58-44(52)56-32)64(49(69)77)24-14-8-2)30(70-42(74)34-38(60-46(54)62(34)22-12-6)66(50(70)78)26-16-10-4)20-18-28-68-41(73)33-37(59-45(53)61(33)21-11-5)65(48(68)76)25-15-9-3/h11-12,29-30H,5-10,13-28H2,1-4H3,(H,55,57)(H,56,58). The molecule has 0 saturated carbocycles. The molecule has 0 aliphatic carbocycles. The van der Waals surface area contributed by atoms with Crippen molar-refractivity contribution in [2.75, 3.05) is 0 Å². The van der Waals surface area contributed by atoms with Gasteiger partial charge in [-0.1, -0.05) is 65.5 Å². The topological polar surface area (TPSA) is 269 Å². The van der Waals surface area contributed by atoms with Crippen LogP contribution in [0.15, 0.2) is 63.7 Å². The Morgan fingerprint density at radius 2 is 0.769 bits per heavy atom. The summed E-state index contributed by atoms with van der Waals surface area (Å²) in [7, 11) is 0. The lowest BCUT2D eigenvalue weighted by atomic mass is 9.97. The number of H-pyrrole nitrogens is 2. The Morgan fingerprint density at radius 3 is 1.19 bits per heavy atom. The summed E-state index contributed by atoms with van der Waals surface area (Å²) >= 11 is 26.0. The highest BCUT2D eigenvalue weighted by atomic mass is 35.5. The molecule has 2 N–H and O–H groups in total. The number of allylic oxidation sites excluding steroid dienone is 2. The molecule has 0 aliphatic heterocycles. The average Bonchev–Trinajstić information content (AvgIpc) is 4.21. The van der Waals surface area contributed by atoms with Gasteiger partial charge < -0.3 is 19.1 Å². The van der Waals surface area contributed by atoms with E-state index in [0.29, 0.717) is 51.4 Å². The quantitative estimate of drug-likeness (QED) is 0.0421. The summed E-state index contributed by atoms with van der Waals surface area (Å²) in [5.41, 5.74) is -6.25. The summed E-state index contributed by atoms with van der Waals surface area (Å²) < 4.78 is 12.2. The SMILES string of the molecule is C=CCn1c(Cl)nc2c1c(=O)n(CCCC(C(CCCn1c(=O)c3[nH]c(Cl)nc3n(CCCC)c1=O)n1c(=O)c3[nH]c(Cl)nc3n(CCCC)c1=O)n1c(=O)c3c(nc(Cl)n3CC=C)n(CCCC)c1=O)c(=O)n2CCCC. The third kappa shape index (κ3) is 10.5. The number of rotatable bonds is 27. The van der Waals surface area contributed by atoms with Crippen molar-refractivity contribution in [1.29, 1.82) is 0 Å². The van der Waals surface area contributed by atoms with Crippen molar-refractivity contribution < 1.29 is 0 Å². The van der Waals surface area contributed by atoms with E-state index < -0.39 is 57.1 Å². The lowest BCUT2D eigenvalue weighted by Gasteiger charge is -2.31. The smallest absolute Gasteiger partial charge is 0.323 e. The van der Waals surface area contributed by atoms with Crippen molar-refractivity contribution in [3.8, 4) is 0 Å². The van der Waals surface area contributed by atoms with Gasteiger partial charge in [-0.25, -0.2) is 19.2 Å². The van der Waals surface area contributed by atoms with Crippen LogP contribution in [0.3, 0.4) is 0 Å². The third-order valence-electron chi connectivity index (χ3n) is 14.1. The molecule has 0 radical (unpaired) electrons. The molecule has 8 aromatic rings. The third-order valence-corrected chi connectivity index (χ3v) is 15.1. The number of fused-ring (bicyclic) bond motifs is 4. The Hall–Kier alpha value is -6.76. The maximum Gasteiger partial charge on any atom is 0.333 e. The fourth-order valence-electron chi connectivity index (χ4n) is 10.3. The van der Waals surface area contributed by atoms with Crippen LogP contribution in [0.5, 0.6) is 0 Å². The molecule has 2 unspecified atom stereocenters. The number of aromatic amines is 2. The van der Waals surface area contributed by atoms with E-state index in [1.165, 1.54) is 39.6 Å². The first-order valence-corrected chi connectivity index (χ1v) is 27.8. The first-order valence-electron chi connectivity index (χ1n) is 26.3. The molecule has 0 bridgehead atoms. The number of halogens is 4. The summed E-state index contributed by atoms with van der Waals surface area (Å²) in [5.74, 6) is 0. The van der Waals surface area contributed by atoms with Gasteiger partial charge in [0.2, 0.25) is 21.1 Å². The van der Waals surface area contributed by atoms with E-state index in [1.807, 2.05) is 27.7 Å². The second-order valence-electron chi connectivity index (χ2n) is 19.2. The highest BCUT2D eigenvalue weighted by Gasteiger charge is 2.35. The van der Waals surface area contributed by atoms with E-state index in [4.69, 9.17) is 46.4 Å². The number of unbranched alkanes of at least 4 members (excludes halogenated alkanes) is 4. The zero-order valence-corrected chi connectivity index (χ0v) is 46.9. The average molecular weight is 1160 g/mol. The van der Waals surface area contributed by atoms with Gasteiger partial charge in [-0.15, -0.1) is 13.2 Å². The number of nitrogens with one attached hydrogen (secondary N) is 2. The van der Waals surface area contributed by atoms with Gasteiger partial charge in [0.1, 0.15) is 0 Å². The van der Waals surface area contributed by atoms with Gasteiger partial charge in [0, 0.05) is 52.4 Å². The number of aryl methyl sites for hydroxylation is 4. The second-order valence-corrected chi connectivity index (χ2v) is 20.6. The van der Waals surface area contributed by atoms with Crippen LogP contribution >= 0.6 is 46.4 Å². The highest BCUT2D eigenvalue weighted by Crippen LogP contribution is 2.31. The molecule has 2 atom stereocenters. The zero-order chi connectivity index (χ0) is 56.3. The molecule has 0 amide bonds. The van der Waals surface area contributed by atoms with E-state index in [0.717, 1.165) is 18.3 Å². The van der Waals surface area contributed by atoms with Gasteiger partial charge in [0.25, 0.3) is 22.2 Å². The number of hydrogen-bond donors (Lipinski definition) is 2. The normalized spacial score (nSPS) is 12.8. The summed E-state index contributed by atoms with van der Waals surface area (Å²) in [5, 5.41) is -0.416. The number of hydrogen-bond acceptors (Lipinski definition) is 12. The molecule has 0 fully saturated rings. The maximum absolute atomic E-state index is 15.6. The van der Waals surface area contributed by atoms with Crippen molar-refractivity contribution in [2.45, 2.75) is 169 Å². The Morgan fingerprint density at radius 1 is 0.423 bits per heavy atom. The molecule has 0 saturated heterocycles. The minimum absolute atomic E-state index is 0.000212. The van der Waals surface area contributed by atoms with Crippen LogP contribution < -0.4 is 45.0 Å². The predicted molar refractivity (Wildman–Crippen MR) is 302 cm³/mol. The summed E-state index contributed by atoms with van der Waals surface area (Å²) in [6, 6.07) is -2.90. The molecule has 8 heterocycles. The first-order chi connectivity index (χ1) is 37.5. The molecule has 78 heavy (non-hydrogen) atoms. The Bertz CT molecular complexity index is 4100. The summed E-state index contributed by atoms with van der Waals surface area (Å²) in [6.45, 7) is 15.5. The molecular weight excluding hydrogens is 1090 g/mol. The molecule has 8 aromatic heterocycles. The van der Waals surface area contributed by atoms with E-state index >= 15 is 19.2 Å². The van der Waals surface area contributed by atoms with Gasteiger partial charge in [-0.2, -0.15) is 19.9 Å². The van der Waals surface area contributed by atoms with E-state index in [9.17, 15) is 19.2 Å². The summed E-state index contributed by atoms with van der Waals surface area (Å²) in [6.07, 6.45) is 7.09. The number of aromatic nitrogens is 16. The van der Waals surface area contributed by atoms with Gasteiger partial charge in [-0.3, -0.25) is 55.7 Å².